The van der Waals surface area contributed by atoms with Crippen molar-refractivity contribution in [3.63, 3.8) is 0 Å². The van der Waals surface area contributed by atoms with Crippen molar-refractivity contribution in [2.24, 2.45) is 5.92 Å². The van der Waals surface area contributed by atoms with Gasteiger partial charge in [0.15, 0.2) is 0 Å². The molecule has 3 rings (SSSR count). The summed E-state index contributed by atoms with van der Waals surface area (Å²) in [6.45, 7) is 0.743. The molecule has 0 aromatic heterocycles. The molecule has 4 heteroatoms. The molecule has 1 saturated carbocycles. The van der Waals surface area contributed by atoms with Gasteiger partial charge in [-0.25, -0.2) is 0 Å². The predicted molar refractivity (Wildman–Crippen MR) is 107 cm³/mol. The second kappa shape index (κ2) is 9.91. The highest BCUT2D eigenvalue weighted by atomic mass is 16.2. The van der Waals surface area contributed by atoms with E-state index in [1.54, 1.807) is 12.1 Å². The highest BCUT2D eigenvalue weighted by Crippen LogP contribution is 2.23. The molecule has 0 spiro atoms. The molecule has 0 aliphatic heterocycles. The predicted octanol–water partition coefficient (Wildman–Crippen LogP) is 4.24. The van der Waals surface area contributed by atoms with Crippen LogP contribution in [0.5, 0.6) is 0 Å². The van der Waals surface area contributed by atoms with Gasteiger partial charge in [-0.15, -0.1) is 0 Å². The Morgan fingerprint density at radius 2 is 1.52 bits per heavy atom. The Kier molecular flexibility index (Phi) is 7.03. The first-order chi connectivity index (χ1) is 13.2. The molecule has 1 aliphatic carbocycles. The molecule has 2 N–H and O–H groups in total. The fourth-order valence-corrected chi connectivity index (χ4v) is 3.68. The van der Waals surface area contributed by atoms with Crippen LogP contribution in [0.15, 0.2) is 60.7 Å². The third kappa shape index (κ3) is 5.95. The van der Waals surface area contributed by atoms with Gasteiger partial charge < -0.3 is 10.6 Å². The first-order valence-corrected chi connectivity index (χ1v) is 9.90. The molecule has 1 aliphatic rings. The van der Waals surface area contributed by atoms with Crippen LogP contribution < -0.4 is 10.6 Å². The SMILES string of the molecule is O=C(CC(NC(=O)c1ccccc1)c1ccccc1)NCC1CCCCC1. The number of carbonyl (C=O) groups is 2. The van der Waals surface area contributed by atoms with E-state index in [4.69, 9.17) is 0 Å². The number of benzene rings is 2. The third-order valence-corrected chi connectivity index (χ3v) is 5.25. The highest BCUT2D eigenvalue weighted by Gasteiger charge is 2.20. The van der Waals surface area contributed by atoms with E-state index in [-0.39, 0.29) is 24.3 Å². The zero-order valence-electron chi connectivity index (χ0n) is 15.7. The Bertz CT molecular complexity index is 725. The summed E-state index contributed by atoms with van der Waals surface area (Å²) in [4.78, 5) is 25.1. The normalized spacial score (nSPS) is 15.7. The lowest BCUT2D eigenvalue weighted by atomic mass is 9.89. The summed E-state index contributed by atoms with van der Waals surface area (Å²) in [6.07, 6.45) is 6.49. The quantitative estimate of drug-likeness (QED) is 0.772. The minimum Gasteiger partial charge on any atom is -0.356 e. The molecular formula is C23H28N2O2. The number of rotatable bonds is 7. The van der Waals surface area contributed by atoms with Crippen LogP contribution >= 0.6 is 0 Å². The molecule has 0 bridgehead atoms. The second-order valence-electron chi connectivity index (χ2n) is 7.31. The molecule has 142 valence electrons. The number of hydrogen-bond acceptors (Lipinski definition) is 2. The van der Waals surface area contributed by atoms with Crippen molar-refractivity contribution in [3.8, 4) is 0 Å². The maximum atomic E-state index is 12.6. The Balaban J connectivity index is 1.61. The van der Waals surface area contributed by atoms with Gasteiger partial charge >= 0.3 is 0 Å². The van der Waals surface area contributed by atoms with E-state index in [9.17, 15) is 9.59 Å². The van der Waals surface area contributed by atoms with E-state index >= 15 is 0 Å². The first-order valence-electron chi connectivity index (χ1n) is 9.90. The first kappa shape index (κ1) is 19.2. The van der Waals surface area contributed by atoms with Crippen LogP contribution in [0.1, 0.15) is 60.5 Å². The van der Waals surface area contributed by atoms with Gasteiger partial charge in [-0.1, -0.05) is 67.8 Å². The van der Waals surface area contributed by atoms with Crippen LogP contribution in [-0.4, -0.2) is 18.4 Å². The van der Waals surface area contributed by atoms with Crippen molar-refractivity contribution in [2.45, 2.75) is 44.6 Å². The lowest BCUT2D eigenvalue weighted by Gasteiger charge is -2.23. The zero-order valence-corrected chi connectivity index (χ0v) is 15.7. The molecule has 1 atom stereocenters. The Morgan fingerprint density at radius 3 is 2.19 bits per heavy atom. The highest BCUT2D eigenvalue weighted by molar-refractivity contribution is 5.94. The van der Waals surface area contributed by atoms with Gasteiger partial charge in [-0.2, -0.15) is 0 Å². The molecule has 2 aromatic rings. The van der Waals surface area contributed by atoms with Crippen molar-refractivity contribution in [1.82, 2.24) is 10.6 Å². The number of carbonyl (C=O) groups excluding carboxylic acids is 2. The largest absolute Gasteiger partial charge is 0.356 e. The van der Waals surface area contributed by atoms with Gasteiger partial charge in [0.05, 0.1) is 12.5 Å². The van der Waals surface area contributed by atoms with Gasteiger partial charge in [0.2, 0.25) is 5.91 Å². The van der Waals surface area contributed by atoms with Crippen LogP contribution in [0.3, 0.4) is 0 Å². The molecule has 0 saturated heterocycles. The fraction of sp³-hybridized carbons (Fsp3) is 0.391. The zero-order chi connectivity index (χ0) is 18.9. The van der Waals surface area contributed by atoms with Crippen molar-refractivity contribution in [3.05, 3.63) is 71.8 Å². The Hall–Kier alpha value is -2.62. The Labute approximate surface area is 161 Å². The third-order valence-electron chi connectivity index (χ3n) is 5.25. The van der Waals surface area contributed by atoms with E-state index in [0.29, 0.717) is 11.5 Å². The van der Waals surface area contributed by atoms with Gasteiger partial charge in [0.1, 0.15) is 0 Å². The lowest BCUT2D eigenvalue weighted by Crippen LogP contribution is -2.35. The summed E-state index contributed by atoms with van der Waals surface area (Å²) < 4.78 is 0. The molecule has 0 heterocycles. The maximum absolute atomic E-state index is 12.6. The van der Waals surface area contributed by atoms with Crippen molar-refractivity contribution in [2.75, 3.05) is 6.54 Å². The molecule has 2 aromatic carbocycles. The van der Waals surface area contributed by atoms with E-state index in [0.717, 1.165) is 12.1 Å². The topological polar surface area (TPSA) is 58.2 Å². The molecule has 27 heavy (non-hydrogen) atoms. The number of hydrogen-bond donors (Lipinski definition) is 2. The van der Waals surface area contributed by atoms with E-state index in [1.807, 2.05) is 48.5 Å². The summed E-state index contributed by atoms with van der Waals surface area (Å²) in [5.74, 6) is 0.420. The van der Waals surface area contributed by atoms with E-state index in [1.165, 1.54) is 32.1 Å². The molecule has 0 radical (unpaired) electrons. The van der Waals surface area contributed by atoms with Crippen LogP contribution in [0.2, 0.25) is 0 Å². The standard InChI is InChI=1S/C23H28N2O2/c26-22(24-17-18-10-4-1-5-11-18)16-21(19-12-6-2-7-13-19)25-23(27)20-14-8-3-9-15-20/h2-3,6-9,12-15,18,21H,1,4-5,10-11,16-17H2,(H,24,26)(H,25,27). The summed E-state index contributed by atoms with van der Waals surface area (Å²) in [6, 6.07) is 18.5. The van der Waals surface area contributed by atoms with Crippen LogP contribution in [0.25, 0.3) is 0 Å². The van der Waals surface area contributed by atoms with Gasteiger partial charge in [-0.3, -0.25) is 9.59 Å². The summed E-state index contributed by atoms with van der Waals surface area (Å²) in [5.41, 5.74) is 1.54. The molecule has 2 amide bonds. The monoisotopic (exact) mass is 364 g/mol. The summed E-state index contributed by atoms with van der Waals surface area (Å²) in [5, 5.41) is 6.09. The lowest BCUT2D eigenvalue weighted by molar-refractivity contribution is -0.121. The molecular weight excluding hydrogens is 336 g/mol. The van der Waals surface area contributed by atoms with Crippen molar-refractivity contribution in [1.29, 1.82) is 0 Å². The smallest absolute Gasteiger partial charge is 0.251 e. The van der Waals surface area contributed by atoms with Crippen LogP contribution in [-0.2, 0) is 4.79 Å². The molecule has 4 nitrogen and oxygen atoms in total. The average molecular weight is 364 g/mol. The summed E-state index contributed by atoms with van der Waals surface area (Å²) in [7, 11) is 0. The molecule has 1 fully saturated rings. The van der Waals surface area contributed by atoms with Crippen LogP contribution in [0, 0.1) is 5.92 Å². The minimum atomic E-state index is -0.342. The molecule has 1 unspecified atom stereocenters. The minimum absolute atomic E-state index is 0.0113. The average Bonchev–Trinajstić information content (AvgIpc) is 2.74. The maximum Gasteiger partial charge on any atom is 0.251 e. The second-order valence-corrected chi connectivity index (χ2v) is 7.31. The van der Waals surface area contributed by atoms with Gasteiger partial charge in [-0.05, 0) is 36.5 Å². The number of nitrogens with one attached hydrogen (secondary N) is 2. The summed E-state index contributed by atoms with van der Waals surface area (Å²) >= 11 is 0. The van der Waals surface area contributed by atoms with Crippen LogP contribution in [0.4, 0.5) is 0 Å². The van der Waals surface area contributed by atoms with E-state index in [2.05, 4.69) is 10.6 Å². The Morgan fingerprint density at radius 1 is 0.889 bits per heavy atom. The van der Waals surface area contributed by atoms with Gasteiger partial charge in [0, 0.05) is 12.1 Å². The van der Waals surface area contributed by atoms with Crippen molar-refractivity contribution < 1.29 is 9.59 Å². The van der Waals surface area contributed by atoms with Gasteiger partial charge in [0.25, 0.3) is 5.91 Å². The van der Waals surface area contributed by atoms with Crippen molar-refractivity contribution >= 4 is 11.8 Å². The van der Waals surface area contributed by atoms with E-state index < -0.39 is 0 Å². The number of amides is 2. The fourth-order valence-electron chi connectivity index (χ4n) is 3.68.